The first-order valence-corrected chi connectivity index (χ1v) is 7.96. The smallest absolute Gasteiger partial charge is 0.337 e. The number of allylic oxidation sites excluding steroid dienone is 1. The van der Waals surface area contributed by atoms with Crippen LogP contribution in [0.5, 0.6) is 0 Å². The van der Waals surface area contributed by atoms with Gasteiger partial charge in [0.05, 0.1) is 23.1 Å². The van der Waals surface area contributed by atoms with E-state index >= 15 is 0 Å². The minimum Gasteiger partial charge on any atom is -0.463 e. The monoisotopic (exact) mass is 336 g/mol. The van der Waals surface area contributed by atoms with Crippen molar-refractivity contribution in [3.63, 3.8) is 0 Å². The molecule has 0 radical (unpaired) electrons. The molecule has 0 saturated carbocycles. The summed E-state index contributed by atoms with van der Waals surface area (Å²) >= 11 is 1.22. The number of carbonyl (C=O) groups excluding carboxylic acids is 2. The summed E-state index contributed by atoms with van der Waals surface area (Å²) in [6.07, 6.45) is 0. The summed E-state index contributed by atoms with van der Waals surface area (Å²) in [6, 6.07) is 5.88. The fourth-order valence-electron chi connectivity index (χ4n) is 2.14. The highest BCUT2D eigenvalue weighted by atomic mass is 32.2. The minimum atomic E-state index is -0.461. The van der Waals surface area contributed by atoms with E-state index in [2.05, 4.69) is 10.3 Å². The lowest BCUT2D eigenvalue weighted by Crippen LogP contribution is -2.30. The molecule has 1 aliphatic rings. The fourth-order valence-corrected chi connectivity index (χ4v) is 3.44. The number of nitrogens with zero attached hydrogens (tertiary/aromatic N) is 1. The van der Waals surface area contributed by atoms with Crippen LogP contribution >= 0.6 is 11.8 Å². The zero-order valence-electron chi connectivity index (χ0n) is 13.1. The lowest BCUT2D eigenvalue weighted by molar-refractivity contribution is -0.138. The van der Waals surface area contributed by atoms with Gasteiger partial charge in [-0.2, -0.15) is 0 Å². The molecule has 0 bridgehead atoms. The number of carbonyl (C=O) groups is 2. The standard InChI is InChI=1S/C16H17FN2O3S/c1-4-22-15(21)13-9(2)18-16(19-10(3)20)23-14(13)11-5-7-12(17)8-6-11/h5-8,14H,4H2,1-3H3,(H,18,19,20). The van der Waals surface area contributed by atoms with Crippen molar-refractivity contribution in [1.82, 2.24) is 5.32 Å². The number of amides is 1. The van der Waals surface area contributed by atoms with E-state index in [1.165, 1.54) is 30.8 Å². The molecule has 0 saturated heterocycles. The molecule has 0 spiro atoms. The van der Waals surface area contributed by atoms with Crippen LogP contribution in [0, 0.1) is 5.82 Å². The van der Waals surface area contributed by atoms with E-state index in [0.717, 1.165) is 5.56 Å². The highest BCUT2D eigenvalue weighted by Gasteiger charge is 2.32. The molecule has 1 aromatic carbocycles. The maximum atomic E-state index is 13.2. The summed E-state index contributed by atoms with van der Waals surface area (Å²) in [4.78, 5) is 27.8. The molecule has 0 fully saturated rings. The van der Waals surface area contributed by atoms with E-state index in [-0.39, 0.29) is 18.3 Å². The quantitative estimate of drug-likeness (QED) is 0.862. The number of esters is 1. The van der Waals surface area contributed by atoms with Crippen LogP contribution in [-0.4, -0.2) is 23.7 Å². The van der Waals surface area contributed by atoms with Crippen molar-refractivity contribution < 1.29 is 18.7 Å². The lowest BCUT2D eigenvalue weighted by Gasteiger charge is -2.25. The molecular formula is C16H17FN2O3S. The van der Waals surface area contributed by atoms with Gasteiger partial charge in [0.15, 0.2) is 5.17 Å². The Morgan fingerprint density at radius 1 is 1.35 bits per heavy atom. The molecule has 1 amide bonds. The largest absolute Gasteiger partial charge is 0.463 e. The van der Waals surface area contributed by atoms with Crippen LogP contribution in [0.2, 0.25) is 0 Å². The van der Waals surface area contributed by atoms with Crippen LogP contribution in [0.1, 0.15) is 31.6 Å². The van der Waals surface area contributed by atoms with Crippen molar-refractivity contribution in [2.45, 2.75) is 26.0 Å². The first-order chi connectivity index (χ1) is 10.9. The van der Waals surface area contributed by atoms with Crippen LogP contribution in [-0.2, 0) is 14.3 Å². The molecule has 0 aliphatic carbocycles. The van der Waals surface area contributed by atoms with E-state index in [0.29, 0.717) is 16.4 Å². The summed E-state index contributed by atoms with van der Waals surface area (Å²) in [5.41, 5.74) is 1.61. The van der Waals surface area contributed by atoms with Gasteiger partial charge >= 0.3 is 5.97 Å². The van der Waals surface area contributed by atoms with Gasteiger partial charge in [0.25, 0.3) is 0 Å². The number of hydrogen-bond donors (Lipinski definition) is 1. The first kappa shape index (κ1) is 17.2. The molecule has 122 valence electrons. The molecule has 1 aromatic rings. The summed E-state index contributed by atoms with van der Waals surface area (Å²) < 4.78 is 18.3. The molecule has 1 aliphatic heterocycles. The number of nitrogens with one attached hydrogen (secondary N) is 1. The second-order valence-corrected chi connectivity index (χ2v) is 5.96. The maximum absolute atomic E-state index is 13.2. The van der Waals surface area contributed by atoms with E-state index < -0.39 is 11.2 Å². The number of ether oxygens (including phenoxy) is 1. The molecular weight excluding hydrogens is 319 g/mol. The summed E-state index contributed by atoms with van der Waals surface area (Å²) in [6.45, 7) is 5.04. The van der Waals surface area contributed by atoms with E-state index in [1.807, 2.05) is 0 Å². The van der Waals surface area contributed by atoms with Crippen molar-refractivity contribution in [3.05, 3.63) is 46.9 Å². The van der Waals surface area contributed by atoms with Gasteiger partial charge in [-0.15, -0.1) is 0 Å². The normalized spacial score (nSPS) is 17.6. The lowest BCUT2D eigenvalue weighted by atomic mass is 10.0. The zero-order chi connectivity index (χ0) is 17.0. The Morgan fingerprint density at radius 3 is 2.57 bits per heavy atom. The average molecular weight is 336 g/mol. The number of rotatable bonds is 3. The average Bonchev–Trinajstić information content (AvgIpc) is 2.46. The summed E-state index contributed by atoms with van der Waals surface area (Å²) in [7, 11) is 0. The molecule has 1 unspecified atom stereocenters. The third-order valence-electron chi connectivity index (χ3n) is 3.10. The van der Waals surface area contributed by atoms with Crippen LogP contribution in [0.4, 0.5) is 4.39 Å². The second kappa shape index (κ2) is 7.41. The van der Waals surface area contributed by atoms with Gasteiger partial charge in [-0.1, -0.05) is 23.9 Å². The maximum Gasteiger partial charge on any atom is 0.337 e. The summed E-state index contributed by atoms with van der Waals surface area (Å²) in [5.74, 6) is -1.07. The third-order valence-corrected chi connectivity index (χ3v) is 4.26. The summed E-state index contributed by atoms with van der Waals surface area (Å²) in [5, 5.41) is 2.61. The van der Waals surface area contributed by atoms with Gasteiger partial charge < -0.3 is 10.1 Å². The Kier molecular flexibility index (Phi) is 5.54. The Bertz CT molecular complexity index is 683. The SMILES string of the molecule is CCOC(=O)C1=C(C)N=C(NC(C)=O)SC1c1ccc(F)cc1. The molecule has 23 heavy (non-hydrogen) atoms. The highest BCUT2D eigenvalue weighted by Crippen LogP contribution is 2.41. The number of aliphatic imine (C=N–C) groups is 1. The number of benzene rings is 1. The van der Waals surface area contributed by atoms with Gasteiger partial charge in [0.1, 0.15) is 5.82 Å². The zero-order valence-corrected chi connectivity index (χ0v) is 13.9. The van der Waals surface area contributed by atoms with Crippen molar-refractivity contribution >= 4 is 28.8 Å². The van der Waals surface area contributed by atoms with E-state index in [9.17, 15) is 14.0 Å². The van der Waals surface area contributed by atoms with E-state index in [4.69, 9.17) is 4.74 Å². The van der Waals surface area contributed by atoms with Gasteiger partial charge in [0, 0.05) is 6.92 Å². The second-order valence-electron chi connectivity index (χ2n) is 4.87. The Morgan fingerprint density at radius 2 is 2.00 bits per heavy atom. The Balaban J connectivity index is 2.44. The van der Waals surface area contributed by atoms with E-state index in [1.54, 1.807) is 26.0 Å². The van der Waals surface area contributed by atoms with Crippen molar-refractivity contribution in [3.8, 4) is 0 Å². The fraction of sp³-hybridized carbons (Fsp3) is 0.312. The van der Waals surface area contributed by atoms with Gasteiger partial charge in [0.2, 0.25) is 5.91 Å². The van der Waals surface area contributed by atoms with Crippen molar-refractivity contribution in [2.75, 3.05) is 6.61 Å². The molecule has 2 rings (SSSR count). The predicted molar refractivity (Wildman–Crippen MR) is 87.3 cm³/mol. The predicted octanol–water partition coefficient (Wildman–Crippen LogP) is 2.94. The van der Waals surface area contributed by atoms with Gasteiger partial charge in [-0.3, -0.25) is 4.79 Å². The molecule has 5 nitrogen and oxygen atoms in total. The van der Waals surface area contributed by atoms with Crippen LogP contribution < -0.4 is 5.32 Å². The molecule has 1 atom stereocenters. The van der Waals surface area contributed by atoms with Crippen LogP contribution in [0.3, 0.4) is 0 Å². The van der Waals surface area contributed by atoms with Crippen molar-refractivity contribution in [1.29, 1.82) is 0 Å². The van der Waals surface area contributed by atoms with Crippen LogP contribution in [0.25, 0.3) is 0 Å². The third kappa shape index (κ3) is 4.19. The van der Waals surface area contributed by atoms with Gasteiger partial charge in [-0.05, 0) is 31.5 Å². The molecule has 7 heteroatoms. The Labute approximate surface area is 138 Å². The number of hydrogen-bond acceptors (Lipinski definition) is 5. The van der Waals surface area contributed by atoms with Crippen molar-refractivity contribution in [2.24, 2.45) is 4.99 Å². The number of amidine groups is 1. The van der Waals surface area contributed by atoms with Gasteiger partial charge in [-0.25, -0.2) is 14.2 Å². The minimum absolute atomic E-state index is 0.249. The molecule has 1 heterocycles. The topological polar surface area (TPSA) is 67.8 Å². The molecule has 1 N–H and O–H groups in total. The van der Waals surface area contributed by atoms with Crippen LogP contribution in [0.15, 0.2) is 40.5 Å². The first-order valence-electron chi connectivity index (χ1n) is 7.08. The highest BCUT2D eigenvalue weighted by molar-refractivity contribution is 8.14. The number of halogens is 1. The number of thioether (sulfide) groups is 1. The molecule has 0 aromatic heterocycles. The Hall–Kier alpha value is -2.15.